The average molecular weight is 379 g/mol. The fraction of sp³-hybridized carbons (Fsp3) is 0.286. The van der Waals surface area contributed by atoms with E-state index < -0.39 is 0 Å². The van der Waals surface area contributed by atoms with Crippen molar-refractivity contribution in [3.63, 3.8) is 0 Å². The van der Waals surface area contributed by atoms with E-state index in [4.69, 9.17) is 10.5 Å². The first-order chi connectivity index (χ1) is 13.6. The van der Waals surface area contributed by atoms with Gasteiger partial charge in [-0.1, -0.05) is 30.3 Å². The smallest absolute Gasteiger partial charge is 0.251 e. The third-order valence-corrected chi connectivity index (χ3v) is 4.55. The second kappa shape index (κ2) is 9.36. The van der Waals surface area contributed by atoms with Crippen LogP contribution in [0, 0.1) is 0 Å². The first kappa shape index (κ1) is 19.9. The molecule has 7 heteroatoms. The van der Waals surface area contributed by atoms with Gasteiger partial charge in [0.25, 0.3) is 5.56 Å². The molecular formula is C21H25N5O2. The molecule has 0 aliphatic heterocycles. The van der Waals surface area contributed by atoms with E-state index >= 15 is 0 Å². The molecule has 0 spiro atoms. The summed E-state index contributed by atoms with van der Waals surface area (Å²) in [5, 5.41) is 0. The number of nitrogens with two attached hydrogens (primary N) is 1. The molecule has 2 heterocycles. The minimum atomic E-state index is -0.202. The van der Waals surface area contributed by atoms with E-state index in [2.05, 4.69) is 26.9 Å². The van der Waals surface area contributed by atoms with Gasteiger partial charge in [0.15, 0.2) is 0 Å². The fourth-order valence-corrected chi connectivity index (χ4v) is 3.08. The summed E-state index contributed by atoms with van der Waals surface area (Å²) in [6, 6.07) is 15.3. The van der Waals surface area contributed by atoms with Crippen molar-refractivity contribution in [3.05, 3.63) is 82.0 Å². The molecule has 7 nitrogen and oxygen atoms in total. The molecule has 3 N–H and O–H groups in total. The SMILES string of the molecule is COCC(c1ccccn1)N(C)Cc1ccc(-c2nc(CN)cc(=O)[nH]2)cc1. The summed E-state index contributed by atoms with van der Waals surface area (Å²) in [7, 11) is 3.75. The molecule has 1 atom stereocenters. The lowest BCUT2D eigenvalue weighted by Gasteiger charge is -2.27. The van der Waals surface area contributed by atoms with Gasteiger partial charge in [-0.15, -0.1) is 0 Å². The Hall–Kier alpha value is -2.87. The van der Waals surface area contributed by atoms with Gasteiger partial charge in [-0.2, -0.15) is 0 Å². The third-order valence-electron chi connectivity index (χ3n) is 4.55. The van der Waals surface area contributed by atoms with Gasteiger partial charge in [-0.25, -0.2) is 4.98 Å². The van der Waals surface area contributed by atoms with E-state index in [-0.39, 0.29) is 18.1 Å². The molecule has 1 unspecified atom stereocenters. The number of aromatic amines is 1. The Morgan fingerprint density at radius 1 is 1.21 bits per heavy atom. The molecule has 0 saturated carbocycles. The van der Waals surface area contributed by atoms with Crippen LogP contribution in [-0.2, 0) is 17.8 Å². The van der Waals surface area contributed by atoms with Gasteiger partial charge in [-0.05, 0) is 24.7 Å². The molecule has 0 bridgehead atoms. The summed E-state index contributed by atoms with van der Waals surface area (Å²) in [5.74, 6) is 0.526. The van der Waals surface area contributed by atoms with Gasteiger partial charge in [0, 0.05) is 38.0 Å². The number of hydrogen-bond acceptors (Lipinski definition) is 6. The Labute approximate surface area is 164 Å². The summed E-state index contributed by atoms with van der Waals surface area (Å²) >= 11 is 0. The lowest BCUT2D eigenvalue weighted by atomic mass is 10.1. The molecule has 0 saturated heterocycles. The number of pyridine rings is 1. The molecular weight excluding hydrogens is 354 g/mol. The summed E-state index contributed by atoms with van der Waals surface area (Å²) < 4.78 is 5.39. The number of H-pyrrole nitrogens is 1. The molecule has 0 amide bonds. The van der Waals surface area contributed by atoms with E-state index in [0.717, 1.165) is 23.4 Å². The van der Waals surface area contributed by atoms with Crippen LogP contribution in [0.25, 0.3) is 11.4 Å². The van der Waals surface area contributed by atoms with Crippen molar-refractivity contribution in [2.24, 2.45) is 5.73 Å². The zero-order valence-electron chi connectivity index (χ0n) is 16.1. The molecule has 0 fully saturated rings. The van der Waals surface area contributed by atoms with Crippen molar-refractivity contribution < 1.29 is 4.74 Å². The first-order valence-corrected chi connectivity index (χ1v) is 9.10. The van der Waals surface area contributed by atoms with Crippen molar-refractivity contribution >= 4 is 0 Å². The van der Waals surface area contributed by atoms with Crippen molar-refractivity contribution in [2.75, 3.05) is 20.8 Å². The number of ether oxygens (including phenoxy) is 1. The number of nitrogens with zero attached hydrogens (tertiary/aromatic N) is 3. The van der Waals surface area contributed by atoms with Gasteiger partial charge < -0.3 is 15.5 Å². The molecule has 28 heavy (non-hydrogen) atoms. The highest BCUT2D eigenvalue weighted by Crippen LogP contribution is 2.21. The zero-order chi connectivity index (χ0) is 19.9. The van der Waals surface area contributed by atoms with Crippen LogP contribution in [0.1, 0.15) is 23.0 Å². The van der Waals surface area contributed by atoms with E-state index in [1.807, 2.05) is 42.5 Å². The van der Waals surface area contributed by atoms with Gasteiger partial charge >= 0.3 is 0 Å². The maximum atomic E-state index is 11.8. The maximum Gasteiger partial charge on any atom is 0.251 e. The third kappa shape index (κ3) is 4.89. The van der Waals surface area contributed by atoms with Crippen LogP contribution in [0.3, 0.4) is 0 Å². The zero-order valence-corrected chi connectivity index (χ0v) is 16.1. The topological polar surface area (TPSA) is 97.1 Å². The fourth-order valence-electron chi connectivity index (χ4n) is 3.08. The van der Waals surface area contributed by atoms with Gasteiger partial charge in [0.2, 0.25) is 0 Å². The van der Waals surface area contributed by atoms with E-state index in [9.17, 15) is 4.79 Å². The molecule has 0 aliphatic carbocycles. The number of benzene rings is 1. The van der Waals surface area contributed by atoms with Crippen LogP contribution in [0.15, 0.2) is 59.5 Å². The number of nitrogens with one attached hydrogen (secondary N) is 1. The predicted molar refractivity (Wildman–Crippen MR) is 109 cm³/mol. The van der Waals surface area contributed by atoms with Gasteiger partial charge in [0.1, 0.15) is 5.82 Å². The standard InChI is InChI=1S/C21H25N5O2/c1-26(19(14-28-2)18-5-3-4-10-23-18)13-15-6-8-16(9-7-15)21-24-17(12-22)11-20(27)25-21/h3-11,19H,12-14,22H2,1-2H3,(H,24,25,27). The lowest BCUT2D eigenvalue weighted by molar-refractivity contribution is 0.1000. The quantitative estimate of drug-likeness (QED) is 0.622. The summed E-state index contributed by atoms with van der Waals surface area (Å²) in [4.78, 5) is 25.6. The molecule has 3 aromatic rings. The number of methoxy groups -OCH3 is 1. The Bertz CT molecular complexity index is 941. The first-order valence-electron chi connectivity index (χ1n) is 9.10. The van der Waals surface area contributed by atoms with Crippen LogP contribution in [0.4, 0.5) is 0 Å². The van der Waals surface area contributed by atoms with Crippen molar-refractivity contribution in [3.8, 4) is 11.4 Å². The van der Waals surface area contributed by atoms with Crippen LogP contribution in [-0.4, -0.2) is 40.6 Å². The second-order valence-electron chi connectivity index (χ2n) is 6.63. The minimum Gasteiger partial charge on any atom is -0.383 e. The summed E-state index contributed by atoms with van der Waals surface area (Å²) in [6.07, 6.45) is 1.80. The molecule has 146 valence electrons. The van der Waals surface area contributed by atoms with Crippen molar-refractivity contribution in [1.29, 1.82) is 0 Å². The largest absolute Gasteiger partial charge is 0.383 e. The highest BCUT2D eigenvalue weighted by Gasteiger charge is 2.18. The lowest BCUT2D eigenvalue weighted by Crippen LogP contribution is -2.28. The van der Waals surface area contributed by atoms with Crippen molar-refractivity contribution in [2.45, 2.75) is 19.1 Å². The minimum absolute atomic E-state index is 0.0603. The van der Waals surface area contributed by atoms with E-state index in [0.29, 0.717) is 18.1 Å². The van der Waals surface area contributed by atoms with Crippen LogP contribution in [0.2, 0.25) is 0 Å². The number of likely N-dealkylation sites (N-methyl/N-ethyl adjacent to an activating group) is 1. The highest BCUT2D eigenvalue weighted by molar-refractivity contribution is 5.55. The monoisotopic (exact) mass is 379 g/mol. The molecule has 0 radical (unpaired) electrons. The molecule has 3 rings (SSSR count). The van der Waals surface area contributed by atoms with E-state index in [1.54, 1.807) is 13.3 Å². The van der Waals surface area contributed by atoms with Crippen LogP contribution < -0.4 is 11.3 Å². The Morgan fingerprint density at radius 2 is 2.00 bits per heavy atom. The Balaban J connectivity index is 1.76. The average Bonchev–Trinajstić information content (AvgIpc) is 2.72. The van der Waals surface area contributed by atoms with E-state index in [1.165, 1.54) is 6.07 Å². The predicted octanol–water partition coefficient (Wildman–Crippen LogP) is 2.11. The molecule has 1 aromatic carbocycles. The Morgan fingerprint density at radius 3 is 2.64 bits per heavy atom. The number of rotatable bonds is 8. The Kier molecular flexibility index (Phi) is 6.65. The molecule has 0 aliphatic rings. The molecule has 2 aromatic heterocycles. The summed E-state index contributed by atoms with van der Waals surface area (Å²) in [5.41, 5.74) is 8.94. The maximum absolute atomic E-state index is 11.8. The van der Waals surface area contributed by atoms with Crippen LogP contribution >= 0.6 is 0 Å². The second-order valence-corrected chi connectivity index (χ2v) is 6.63. The van der Waals surface area contributed by atoms with Gasteiger partial charge in [-0.3, -0.25) is 14.7 Å². The van der Waals surface area contributed by atoms with Crippen molar-refractivity contribution in [1.82, 2.24) is 19.9 Å². The van der Waals surface area contributed by atoms with Gasteiger partial charge in [0.05, 0.1) is 24.0 Å². The normalized spacial score (nSPS) is 12.3. The number of hydrogen-bond donors (Lipinski definition) is 2. The highest BCUT2D eigenvalue weighted by atomic mass is 16.5. The van der Waals surface area contributed by atoms with Crippen LogP contribution in [0.5, 0.6) is 0 Å². The number of aromatic nitrogens is 3. The summed E-state index contributed by atoms with van der Waals surface area (Å²) in [6.45, 7) is 1.52.